The average Bonchev–Trinajstić information content (AvgIpc) is 3.36. The number of carboxylic acid groups (broad SMARTS) is 1. The van der Waals surface area contributed by atoms with Crippen molar-refractivity contribution in [3.8, 4) is 0 Å². The molecule has 3 aromatic rings. The van der Waals surface area contributed by atoms with Crippen LogP contribution in [0, 0.1) is 5.92 Å². The summed E-state index contributed by atoms with van der Waals surface area (Å²) >= 11 is 0. The maximum atomic E-state index is 13.2. The van der Waals surface area contributed by atoms with Crippen LogP contribution in [0.5, 0.6) is 0 Å². The SMILES string of the molecule is CN(C)C(=O)C=CCCC(NC(=O)O)C(=O)Nc1cccn(Cc2nc3ncnc(CC4CCCCC4)c3[nH]2)c1=O. The molecule has 1 aliphatic carbocycles. The van der Waals surface area contributed by atoms with Gasteiger partial charge >= 0.3 is 6.09 Å². The molecule has 13 nitrogen and oxygen atoms in total. The number of imidazole rings is 1. The summed E-state index contributed by atoms with van der Waals surface area (Å²) in [5.74, 6) is 0.216. The van der Waals surface area contributed by atoms with E-state index in [1.54, 1.807) is 32.4 Å². The van der Waals surface area contributed by atoms with Gasteiger partial charge in [-0.25, -0.2) is 19.7 Å². The summed E-state index contributed by atoms with van der Waals surface area (Å²) in [5.41, 5.74) is 1.77. The molecule has 0 aliphatic heterocycles. The molecule has 1 fully saturated rings. The van der Waals surface area contributed by atoms with E-state index in [1.807, 2.05) is 0 Å². The molecule has 0 bridgehead atoms. The Morgan fingerprint density at radius 3 is 2.73 bits per heavy atom. The third-order valence-electron chi connectivity index (χ3n) is 7.16. The molecule has 1 aliphatic rings. The van der Waals surface area contributed by atoms with Crippen LogP contribution < -0.4 is 16.2 Å². The van der Waals surface area contributed by atoms with Gasteiger partial charge in [0.15, 0.2) is 5.65 Å². The summed E-state index contributed by atoms with van der Waals surface area (Å²) in [5, 5.41) is 13.9. The number of nitrogens with zero attached hydrogens (tertiary/aromatic N) is 5. The first kappa shape index (κ1) is 29.4. The van der Waals surface area contributed by atoms with Gasteiger partial charge in [-0.2, -0.15) is 0 Å². The number of fused-ring (bicyclic) bond motifs is 1. The van der Waals surface area contributed by atoms with E-state index in [0.29, 0.717) is 17.4 Å². The molecule has 3 aromatic heterocycles. The smallest absolute Gasteiger partial charge is 0.405 e. The highest BCUT2D eigenvalue weighted by Crippen LogP contribution is 2.27. The number of pyridine rings is 1. The van der Waals surface area contributed by atoms with Gasteiger partial charge in [0.2, 0.25) is 11.8 Å². The lowest BCUT2D eigenvalue weighted by Gasteiger charge is -2.20. The molecule has 0 radical (unpaired) electrons. The third kappa shape index (κ3) is 7.99. The van der Waals surface area contributed by atoms with Gasteiger partial charge in [0, 0.05) is 20.3 Å². The van der Waals surface area contributed by atoms with Crippen molar-refractivity contribution < 1.29 is 19.5 Å². The van der Waals surface area contributed by atoms with E-state index in [9.17, 15) is 24.3 Å². The van der Waals surface area contributed by atoms with Gasteiger partial charge in [-0.1, -0.05) is 38.2 Å². The highest BCUT2D eigenvalue weighted by atomic mass is 16.4. The molecule has 13 heteroatoms. The Labute approximate surface area is 237 Å². The van der Waals surface area contributed by atoms with Crippen LogP contribution in [0.2, 0.25) is 0 Å². The van der Waals surface area contributed by atoms with Gasteiger partial charge in [0.25, 0.3) is 5.56 Å². The van der Waals surface area contributed by atoms with Crippen molar-refractivity contribution in [2.75, 3.05) is 19.4 Å². The van der Waals surface area contributed by atoms with Crippen molar-refractivity contribution in [3.63, 3.8) is 0 Å². The predicted octanol–water partition coefficient (Wildman–Crippen LogP) is 2.68. The Hall–Kier alpha value is -4.55. The van der Waals surface area contributed by atoms with E-state index in [0.717, 1.165) is 17.6 Å². The van der Waals surface area contributed by atoms with Gasteiger partial charge in [-0.15, -0.1) is 0 Å². The molecule has 4 rings (SSSR count). The van der Waals surface area contributed by atoms with Crippen LogP contribution in [0.1, 0.15) is 56.5 Å². The summed E-state index contributed by atoms with van der Waals surface area (Å²) < 4.78 is 1.40. The van der Waals surface area contributed by atoms with Crippen molar-refractivity contribution in [3.05, 3.63) is 58.7 Å². The average molecular weight is 565 g/mol. The molecule has 3 amide bonds. The summed E-state index contributed by atoms with van der Waals surface area (Å²) in [6.45, 7) is 0.114. The Balaban J connectivity index is 1.45. The second kappa shape index (κ2) is 13.7. The predicted molar refractivity (Wildman–Crippen MR) is 152 cm³/mol. The Bertz CT molecular complexity index is 1470. The Kier molecular flexibility index (Phi) is 9.82. The monoisotopic (exact) mass is 564 g/mol. The second-order valence-corrected chi connectivity index (χ2v) is 10.5. The summed E-state index contributed by atoms with van der Waals surface area (Å²) in [6.07, 6.45) is 12.0. The molecule has 4 N–H and O–H groups in total. The fourth-order valence-electron chi connectivity index (χ4n) is 4.97. The fourth-order valence-corrected chi connectivity index (χ4v) is 4.97. The molecule has 0 spiro atoms. The number of hydrogen-bond donors (Lipinski definition) is 4. The molecule has 0 saturated heterocycles. The van der Waals surface area contributed by atoms with Crippen molar-refractivity contribution in [2.24, 2.45) is 5.92 Å². The minimum Gasteiger partial charge on any atom is -0.465 e. The number of nitrogens with one attached hydrogen (secondary N) is 3. The number of rotatable bonds is 11. The maximum absolute atomic E-state index is 13.2. The van der Waals surface area contributed by atoms with E-state index < -0.39 is 23.6 Å². The van der Waals surface area contributed by atoms with Crippen LogP contribution in [-0.4, -0.2) is 72.6 Å². The van der Waals surface area contributed by atoms with Crippen LogP contribution in [0.4, 0.5) is 10.5 Å². The normalized spacial score (nSPS) is 14.7. The first-order valence-electron chi connectivity index (χ1n) is 13.8. The number of hydrogen-bond acceptors (Lipinski definition) is 7. The van der Waals surface area contributed by atoms with Gasteiger partial charge in [0.05, 0.1) is 12.2 Å². The quantitative estimate of drug-likeness (QED) is 0.257. The fraction of sp³-hybridized carbons (Fsp3) is 0.464. The topological polar surface area (TPSA) is 175 Å². The van der Waals surface area contributed by atoms with Gasteiger partial charge < -0.3 is 30.2 Å². The summed E-state index contributed by atoms with van der Waals surface area (Å²) in [4.78, 5) is 67.1. The molecular formula is C28H36N8O5. The highest BCUT2D eigenvalue weighted by Gasteiger charge is 2.22. The van der Waals surface area contributed by atoms with Gasteiger partial charge in [-0.05, 0) is 43.4 Å². The number of likely N-dealkylation sites (N-methyl/N-ethyl adjacent to an activating group) is 1. The minimum absolute atomic E-state index is 0.00177. The number of allylic oxidation sites excluding steroid dienone is 1. The molecule has 1 atom stereocenters. The largest absolute Gasteiger partial charge is 0.465 e. The number of H-pyrrole nitrogens is 1. The number of carbonyl (C=O) groups excluding carboxylic acids is 2. The zero-order valence-electron chi connectivity index (χ0n) is 23.3. The highest BCUT2D eigenvalue weighted by molar-refractivity contribution is 5.96. The standard InChI is InChI=1S/C28H36N8O5/c1-35(2)23(37)13-7-6-11-19(32-28(40)41)26(38)31-20-12-8-14-36(27(20)39)16-22-33-24-21(29-17-30-25(24)34-22)15-18-9-4-3-5-10-18/h7-8,12-14,17-19,32H,3-6,9-11,15-16H2,1-2H3,(H,31,38)(H,40,41)(H,29,30,33,34). The number of aromatic nitrogens is 5. The molecule has 218 valence electrons. The second-order valence-electron chi connectivity index (χ2n) is 10.5. The number of aromatic amines is 1. The van der Waals surface area contributed by atoms with Gasteiger partial charge in [0.1, 0.15) is 29.4 Å². The zero-order chi connectivity index (χ0) is 29.4. The van der Waals surface area contributed by atoms with Crippen LogP contribution in [0.25, 0.3) is 11.2 Å². The lowest BCUT2D eigenvalue weighted by molar-refractivity contribution is -0.123. The van der Waals surface area contributed by atoms with E-state index in [1.165, 1.54) is 60.0 Å². The Morgan fingerprint density at radius 2 is 2.00 bits per heavy atom. The summed E-state index contributed by atoms with van der Waals surface area (Å²) in [6, 6.07) is 1.94. The van der Waals surface area contributed by atoms with Crippen molar-refractivity contribution in [1.29, 1.82) is 0 Å². The van der Waals surface area contributed by atoms with Crippen LogP contribution in [-0.2, 0) is 22.6 Å². The first-order chi connectivity index (χ1) is 19.7. The van der Waals surface area contributed by atoms with Crippen LogP contribution in [0.15, 0.2) is 41.6 Å². The first-order valence-corrected chi connectivity index (χ1v) is 13.8. The molecule has 0 aromatic carbocycles. The van der Waals surface area contributed by atoms with Gasteiger partial charge in [-0.3, -0.25) is 14.4 Å². The lowest BCUT2D eigenvalue weighted by Crippen LogP contribution is -2.44. The van der Waals surface area contributed by atoms with Crippen molar-refractivity contribution in [2.45, 2.75) is 64.0 Å². The maximum Gasteiger partial charge on any atom is 0.405 e. The van der Waals surface area contributed by atoms with Crippen LogP contribution in [0.3, 0.4) is 0 Å². The number of amides is 3. The molecule has 41 heavy (non-hydrogen) atoms. The van der Waals surface area contributed by atoms with E-state index in [4.69, 9.17) is 0 Å². The number of anilines is 1. The molecule has 1 unspecified atom stereocenters. The molecule has 1 saturated carbocycles. The summed E-state index contributed by atoms with van der Waals surface area (Å²) in [7, 11) is 3.22. The van der Waals surface area contributed by atoms with Crippen LogP contribution >= 0.6 is 0 Å². The third-order valence-corrected chi connectivity index (χ3v) is 7.16. The lowest BCUT2D eigenvalue weighted by atomic mass is 9.86. The number of carbonyl (C=O) groups is 3. The van der Waals surface area contributed by atoms with E-state index in [2.05, 4.69) is 30.6 Å². The van der Waals surface area contributed by atoms with E-state index in [-0.39, 0.29) is 31.0 Å². The van der Waals surface area contributed by atoms with Crippen molar-refractivity contribution >= 4 is 34.8 Å². The van der Waals surface area contributed by atoms with E-state index >= 15 is 0 Å². The molecular weight excluding hydrogens is 528 g/mol. The molecule has 3 heterocycles. The Morgan fingerprint density at radius 1 is 1.22 bits per heavy atom. The zero-order valence-corrected chi connectivity index (χ0v) is 23.3. The minimum atomic E-state index is -1.38. The van der Waals surface area contributed by atoms with Crippen molar-refractivity contribution in [1.82, 2.24) is 34.7 Å².